The third-order valence-corrected chi connectivity index (χ3v) is 2.21. The molecule has 0 aliphatic heterocycles. The number of hydrogen-bond acceptors (Lipinski definition) is 3. The van der Waals surface area contributed by atoms with Crippen molar-refractivity contribution in [1.29, 1.82) is 0 Å². The molecule has 0 saturated heterocycles. The molecule has 1 aromatic rings. The zero-order valence-corrected chi connectivity index (χ0v) is 9.19. The van der Waals surface area contributed by atoms with Crippen LogP contribution in [0.5, 0.6) is 0 Å². The smallest absolute Gasteiger partial charge is 0.310 e. The molecule has 3 heteroatoms. The number of nitrogens with two attached hydrogens (primary N) is 1. The lowest BCUT2D eigenvalue weighted by atomic mass is 10.1. The molecule has 82 valence electrons. The van der Waals surface area contributed by atoms with Crippen LogP contribution in [0.4, 0.5) is 5.69 Å². The molecule has 0 aliphatic rings. The van der Waals surface area contributed by atoms with Crippen LogP contribution in [0.25, 0.3) is 0 Å². The third kappa shape index (κ3) is 4.02. The molecule has 15 heavy (non-hydrogen) atoms. The zero-order chi connectivity index (χ0) is 11.3. The van der Waals surface area contributed by atoms with Crippen LogP contribution in [0.15, 0.2) is 24.3 Å². The van der Waals surface area contributed by atoms with Crippen molar-refractivity contribution in [2.75, 3.05) is 5.73 Å². The van der Waals surface area contributed by atoms with Gasteiger partial charge in [0.05, 0.1) is 12.5 Å². The minimum atomic E-state index is -0.199. The minimum absolute atomic E-state index is 0.0152. The maximum absolute atomic E-state index is 11.4. The van der Waals surface area contributed by atoms with Crippen molar-refractivity contribution in [2.45, 2.75) is 32.8 Å². The van der Waals surface area contributed by atoms with Gasteiger partial charge in [-0.1, -0.05) is 19.1 Å². The van der Waals surface area contributed by atoms with E-state index in [0.717, 1.165) is 12.0 Å². The summed E-state index contributed by atoms with van der Waals surface area (Å²) in [6, 6.07) is 7.29. The fourth-order valence-corrected chi connectivity index (χ4v) is 1.22. The van der Waals surface area contributed by atoms with E-state index in [4.69, 9.17) is 10.5 Å². The molecular formula is C12H17NO2. The lowest BCUT2D eigenvalue weighted by molar-refractivity contribution is -0.147. The Morgan fingerprint density at radius 1 is 1.53 bits per heavy atom. The van der Waals surface area contributed by atoms with Gasteiger partial charge in [0.15, 0.2) is 0 Å². The molecule has 0 unspecified atom stereocenters. The lowest BCUT2D eigenvalue weighted by Gasteiger charge is -2.10. The number of rotatable bonds is 4. The summed E-state index contributed by atoms with van der Waals surface area (Å²) in [6.45, 7) is 3.87. The SMILES string of the molecule is CC[C@H](C)OC(=O)Cc1cccc(N)c1. The molecule has 0 amide bonds. The molecule has 0 saturated carbocycles. The Balaban J connectivity index is 2.51. The summed E-state index contributed by atoms with van der Waals surface area (Å²) in [5.74, 6) is -0.199. The fraction of sp³-hybridized carbons (Fsp3) is 0.417. The first kappa shape index (κ1) is 11.6. The van der Waals surface area contributed by atoms with E-state index in [0.29, 0.717) is 5.69 Å². The molecule has 0 fully saturated rings. The maximum atomic E-state index is 11.4. The summed E-state index contributed by atoms with van der Waals surface area (Å²) in [7, 11) is 0. The van der Waals surface area contributed by atoms with E-state index in [2.05, 4.69) is 0 Å². The predicted molar refractivity (Wildman–Crippen MR) is 60.4 cm³/mol. The predicted octanol–water partition coefficient (Wildman–Crippen LogP) is 2.15. The monoisotopic (exact) mass is 207 g/mol. The van der Waals surface area contributed by atoms with E-state index in [1.54, 1.807) is 12.1 Å². The second kappa shape index (κ2) is 5.39. The molecule has 1 aromatic carbocycles. The van der Waals surface area contributed by atoms with Gasteiger partial charge in [0.1, 0.15) is 0 Å². The van der Waals surface area contributed by atoms with E-state index in [-0.39, 0.29) is 18.5 Å². The van der Waals surface area contributed by atoms with Gasteiger partial charge in [-0.05, 0) is 31.0 Å². The van der Waals surface area contributed by atoms with Crippen molar-refractivity contribution in [3.8, 4) is 0 Å². The molecule has 0 radical (unpaired) electrons. The Kier molecular flexibility index (Phi) is 4.16. The highest BCUT2D eigenvalue weighted by Crippen LogP contribution is 2.08. The summed E-state index contributed by atoms with van der Waals surface area (Å²) in [5, 5.41) is 0. The van der Waals surface area contributed by atoms with Gasteiger partial charge in [0, 0.05) is 5.69 Å². The minimum Gasteiger partial charge on any atom is -0.462 e. The van der Waals surface area contributed by atoms with Crippen molar-refractivity contribution in [2.24, 2.45) is 0 Å². The Bertz CT molecular complexity index is 336. The van der Waals surface area contributed by atoms with Crippen molar-refractivity contribution >= 4 is 11.7 Å². The summed E-state index contributed by atoms with van der Waals surface area (Å²) in [5.41, 5.74) is 7.17. The molecule has 2 N–H and O–H groups in total. The number of anilines is 1. The highest BCUT2D eigenvalue weighted by Gasteiger charge is 2.08. The molecule has 0 aliphatic carbocycles. The van der Waals surface area contributed by atoms with Crippen LogP contribution in [0.1, 0.15) is 25.8 Å². The van der Waals surface area contributed by atoms with Crippen LogP contribution < -0.4 is 5.73 Å². The van der Waals surface area contributed by atoms with Gasteiger partial charge in [0.2, 0.25) is 0 Å². The van der Waals surface area contributed by atoms with Crippen molar-refractivity contribution < 1.29 is 9.53 Å². The summed E-state index contributed by atoms with van der Waals surface area (Å²) >= 11 is 0. The third-order valence-electron chi connectivity index (χ3n) is 2.21. The van der Waals surface area contributed by atoms with Crippen molar-refractivity contribution in [1.82, 2.24) is 0 Å². The van der Waals surface area contributed by atoms with Gasteiger partial charge >= 0.3 is 5.97 Å². The Hall–Kier alpha value is -1.51. The normalized spacial score (nSPS) is 12.1. The number of carbonyl (C=O) groups is 1. The van der Waals surface area contributed by atoms with Gasteiger partial charge in [-0.2, -0.15) is 0 Å². The number of benzene rings is 1. The van der Waals surface area contributed by atoms with Crippen molar-refractivity contribution in [3.05, 3.63) is 29.8 Å². The second-order valence-corrected chi connectivity index (χ2v) is 3.63. The first-order valence-corrected chi connectivity index (χ1v) is 5.15. The molecule has 1 rings (SSSR count). The maximum Gasteiger partial charge on any atom is 0.310 e. The number of nitrogen functional groups attached to an aromatic ring is 1. The van der Waals surface area contributed by atoms with E-state index in [1.807, 2.05) is 26.0 Å². The van der Waals surface area contributed by atoms with Gasteiger partial charge < -0.3 is 10.5 Å². The van der Waals surface area contributed by atoms with Crippen LogP contribution in [-0.2, 0) is 16.0 Å². The number of carbonyl (C=O) groups excluding carboxylic acids is 1. The lowest BCUT2D eigenvalue weighted by Crippen LogP contribution is -2.15. The highest BCUT2D eigenvalue weighted by atomic mass is 16.5. The highest BCUT2D eigenvalue weighted by molar-refractivity contribution is 5.73. The van der Waals surface area contributed by atoms with Crippen LogP contribution in [0.2, 0.25) is 0 Å². The topological polar surface area (TPSA) is 52.3 Å². The zero-order valence-electron chi connectivity index (χ0n) is 9.19. The second-order valence-electron chi connectivity index (χ2n) is 3.63. The number of ether oxygens (including phenoxy) is 1. The van der Waals surface area contributed by atoms with Gasteiger partial charge in [-0.25, -0.2) is 0 Å². The quantitative estimate of drug-likeness (QED) is 0.608. The molecule has 0 bridgehead atoms. The van der Waals surface area contributed by atoms with Crippen LogP contribution in [-0.4, -0.2) is 12.1 Å². The molecular weight excluding hydrogens is 190 g/mol. The molecule has 0 aromatic heterocycles. The molecule has 0 spiro atoms. The van der Waals surface area contributed by atoms with Crippen molar-refractivity contribution in [3.63, 3.8) is 0 Å². The van der Waals surface area contributed by atoms with Gasteiger partial charge in [-0.15, -0.1) is 0 Å². The number of hydrogen-bond donors (Lipinski definition) is 1. The van der Waals surface area contributed by atoms with Crippen LogP contribution >= 0.6 is 0 Å². The first-order valence-electron chi connectivity index (χ1n) is 5.15. The standard InChI is InChI=1S/C12H17NO2/c1-3-9(2)15-12(14)8-10-5-4-6-11(13)7-10/h4-7,9H,3,8,13H2,1-2H3/t9-/m0/s1. The average molecular weight is 207 g/mol. The first-order chi connectivity index (χ1) is 7.11. The molecule has 0 heterocycles. The van der Waals surface area contributed by atoms with E-state index in [1.165, 1.54) is 0 Å². The Labute approximate surface area is 90.2 Å². The average Bonchev–Trinajstić information content (AvgIpc) is 2.17. The molecule has 3 nitrogen and oxygen atoms in total. The van der Waals surface area contributed by atoms with Crippen LogP contribution in [0.3, 0.4) is 0 Å². The molecule has 1 atom stereocenters. The summed E-state index contributed by atoms with van der Waals surface area (Å²) in [4.78, 5) is 11.4. The largest absolute Gasteiger partial charge is 0.462 e. The summed E-state index contributed by atoms with van der Waals surface area (Å²) in [6.07, 6.45) is 1.11. The van der Waals surface area contributed by atoms with E-state index >= 15 is 0 Å². The Morgan fingerprint density at radius 2 is 2.27 bits per heavy atom. The van der Waals surface area contributed by atoms with Gasteiger partial charge in [0.25, 0.3) is 0 Å². The Morgan fingerprint density at radius 3 is 2.87 bits per heavy atom. The van der Waals surface area contributed by atoms with Gasteiger partial charge in [-0.3, -0.25) is 4.79 Å². The summed E-state index contributed by atoms with van der Waals surface area (Å²) < 4.78 is 5.16. The number of esters is 1. The fourth-order valence-electron chi connectivity index (χ4n) is 1.22. The van der Waals surface area contributed by atoms with Crippen LogP contribution in [0, 0.1) is 0 Å². The van der Waals surface area contributed by atoms with E-state index < -0.39 is 0 Å². The van der Waals surface area contributed by atoms with E-state index in [9.17, 15) is 4.79 Å².